The maximum atomic E-state index is 13.4. The smallest absolute Gasteiger partial charge is 0.278 e. The van der Waals surface area contributed by atoms with E-state index in [9.17, 15) is 29.1 Å². The molecule has 3 fully saturated rings. The third-order valence-corrected chi connectivity index (χ3v) is 13.0. The maximum Gasteiger partial charge on any atom is 0.278 e. The fraction of sp³-hybridized carbons (Fsp3) is 0.378. The number of piperidine rings is 2. The van der Waals surface area contributed by atoms with Crippen molar-refractivity contribution >= 4 is 57.7 Å². The van der Waals surface area contributed by atoms with Crippen LogP contribution in [-0.2, 0) is 22.6 Å². The van der Waals surface area contributed by atoms with Crippen molar-refractivity contribution in [2.75, 3.05) is 60.9 Å². The summed E-state index contributed by atoms with van der Waals surface area (Å²) in [5, 5.41) is 16.4. The molecule has 2 aromatic carbocycles. The lowest BCUT2D eigenvalue weighted by Crippen LogP contribution is -2.54. The molecule has 4 amide bonds. The zero-order chi connectivity index (χ0) is 42.6. The lowest BCUT2D eigenvalue weighted by Gasteiger charge is -2.40. The normalized spacial score (nSPS) is 20.8. The van der Waals surface area contributed by atoms with E-state index in [1.807, 2.05) is 30.3 Å². The molecule has 4 aliphatic heterocycles. The Balaban J connectivity index is 0.730. The minimum atomic E-state index is -0.977. The molecule has 2 atom stereocenters. The Morgan fingerprint density at radius 3 is 2.31 bits per heavy atom. The molecule has 318 valence electrons. The van der Waals surface area contributed by atoms with Crippen LogP contribution in [0.25, 0.3) is 16.9 Å². The number of aliphatic hydroxyl groups is 1. The van der Waals surface area contributed by atoms with Crippen LogP contribution in [0.15, 0.2) is 78.2 Å². The first-order valence-corrected chi connectivity index (χ1v) is 21.4. The summed E-state index contributed by atoms with van der Waals surface area (Å²) in [7, 11) is 0. The summed E-state index contributed by atoms with van der Waals surface area (Å²) in [4.78, 5) is 86.2. The first kappa shape index (κ1) is 39.4. The van der Waals surface area contributed by atoms with Crippen LogP contribution in [0.5, 0.6) is 0 Å². The van der Waals surface area contributed by atoms with Crippen molar-refractivity contribution in [2.24, 2.45) is 5.92 Å². The molecule has 0 spiro atoms. The van der Waals surface area contributed by atoms with Gasteiger partial charge in [-0.15, -0.1) is 6.58 Å². The van der Waals surface area contributed by atoms with Gasteiger partial charge in [-0.3, -0.25) is 39.1 Å². The number of piperazine rings is 1. The van der Waals surface area contributed by atoms with Gasteiger partial charge in [-0.1, -0.05) is 12.1 Å². The predicted molar refractivity (Wildman–Crippen MR) is 231 cm³/mol. The molecule has 0 radical (unpaired) electrons. The number of nitrogens with zero attached hydrogens (tertiary/aromatic N) is 9. The number of carbonyl (C=O) groups is 4. The fourth-order valence-corrected chi connectivity index (χ4v) is 9.62. The Bertz CT molecular complexity index is 2690. The van der Waals surface area contributed by atoms with Crippen molar-refractivity contribution in [3.63, 3.8) is 0 Å². The number of benzene rings is 2. The highest BCUT2D eigenvalue weighted by Crippen LogP contribution is 2.33. The first-order valence-electron chi connectivity index (χ1n) is 21.4. The van der Waals surface area contributed by atoms with Gasteiger partial charge in [0.2, 0.25) is 17.8 Å². The van der Waals surface area contributed by atoms with Gasteiger partial charge < -0.3 is 20.2 Å². The second kappa shape index (κ2) is 16.0. The number of allylic oxidation sites excluding steroid dienone is 1. The Hall–Kier alpha value is -6.72. The van der Waals surface area contributed by atoms with Crippen LogP contribution < -0.4 is 26.0 Å². The summed E-state index contributed by atoms with van der Waals surface area (Å²) < 4.78 is 3.20. The second-order valence-corrected chi connectivity index (χ2v) is 16.8. The lowest BCUT2D eigenvalue weighted by atomic mass is 9.95. The first-order chi connectivity index (χ1) is 30.1. The van der Waals surface area contributed by atoms with Crippen LogP contribution in [-0.4, -0.2) is 115 Å². The molecule has 5 aliphatic rings. The fourth-order valence-electron chi connectivity index (χ4n) is 9.62. The minimum absolute atomic E-state index is 0.0892. The van der Waals surface area contributed by atoms with Crippen LogP contribution in [0.2, 0.25) is 0 Å². The summed E-state index contributed by atoms with van der Waals surface area (Å²) in [6.07, 6.45) is 6.33. The highest BCUT2D eigenvalue weighted by Gasteiger charge is 2.45. The van der Waals surface area contributed by atoms with Gasteiger partial charge in [0, 0.05) is 75.5 Å². The maximum absolute atomic E-state index is 13.4. The molecular weight excluding hydrogens is 791 g/mol. The molecular formula is C45H47N11O6. The zero-order valence-corrected chi connectivity index (χ0v) is 34.2. The molecule has 7 heterocycles. The molecule has 2 unspecified atom stereocenters. The largest absolute Gasteiger partial charge is 0.387 e. The van der Waals surface area contributed by atoms with E-state index in [1.54, 1.807) is 22.9 Å². The van der Waals surface area contributed by atoms with Gasteiger partial charge in [0.1, 0.15) is 11.4 Å². The SMILES string of the molecule is C=CCn1c(=O)c2cnc(Nc3ccc(N4CCC(CN5CCN(c6ccc7c(c6)C(=O)N(C6CCC(=O)NC6=O)C7=O)CC5)CC4)cc3)nc2n1-c1ccc2c(n1)C(O)CC2. The van der Waals surface area contributed by atoms with Crippen LogP contribution in [0.1, 0.15) is 70.2 Å². The highest BCUT2D eigenvalue weighted by atomic mass is 16.3. The monoisotopic (exact) mass is 837 g/mol. The topological polar surface area (TPSA) is 191 Å². The Labute approximate surface area is 356 Å². The zero-order valence-electron chi connectivity index (χ0n) is 34.2. The van der Waals surface area contributed by atoms with E-state index in [4.69, 9.17) is 9.97 Å². The molecule has 62 heavy (non-hydrogen) atoms. The molecule has 3 saturated heterocycles. The molecule has 17 heteroatoms. The number of nitrogens with one attached hydrogen (secondary N) is 2. The van der Waals surface area contributed by atoms with E-state index in [2.05, 4.69) is 49.0 Å². The number of fused-ring (bicyclic) bond motifs is 3. The number of hydrogen-bond donors (Lipinski definition) is 3. The number of anilines is 4. The van der Waals surface area contributed by atoms with E-state index in [0.717, 1.165) is 92.6 Å². The molecule has 17 nitrogen and oxygen atoms in total. The number of hydrogen-bond acceptors (Lipinski definition) is 13. The molecule has 3 aromatic heterocycles. The number of pyridine rings is 1. The van der Waals surface area contributed by atoms with Crippen molar-refractivity contribution in [3.8, 4) is 5.82 Å². The van der Waals surface area contributed by atoms with Gasteiger partial charge in [0.05, 0.1) is 29.5 Å². The van der Waals surface area contributed by atoms with E-state index in [-0.39, 0.29) is 24.9 Å². The Morgan fingerprint density at radius 2 is 1.55 bits per heavy atom. The summed E-state index contributed by atoms with van der Waals surface area (Å²) >= 11 is 0. The van der Waals surface area contributed by atoms with E-state index >= 15 is 0 Å². The van der Waals surface area contributed by atoms with E-state index in [0.29, 0.717) is 52.0 Å². The molecule has 0 bridgehead atoms. The summed E-state index contributed by atoms with van der Waals surface area (Å²) in [5.41, 5.74) is 5.24. The number of aliphatic hydroxyl groups excluding tert-OH is 1. The van der Waals surface area contributed by atoms with Crippen molar-refractivity contribution in [1.82, 2.24) is 39.4 Å². The number of carbonyl (C=O) groups excluding carboxylic acids is 4. The number of imide groups is 2. The Morgan fingerprint density at radius 1 is 0.806 bits per heavy atom. The molecule has 1 aliphatic carbocycles. The van der Waals surface area contributed by atoms with Crippen LogP contribution in [0.4, 0.5) is 23.0 Å². The second-order valence-electron chi connectivity index (χ2n) is 16.8. The Kier molecular flexibility index (Phi) is 10.1. The van der Waals surface area contributed by atoms with Crippen molar-refractivity contribution in [1.29, 1.82) is 0 Å². The average Bonchev–Trinajstić information content (AvgIpc) is 3.88. The number of amides is 4. The molecule has 10 rings (SSSR count). The molecule has 5 aromatic rings. The van der Waals surface area contributed by atoms with Gasteiger partial charge in [0.15, 0.2) is 11.5 Å². The molecule has 0 saturated carbocycles. The van der Waals surface area contributed by atoms with Crippen molar-refractivity contribution in [2.45, 2.75) is 57.2 Å². The van der Waals surface area contributed by atoms with Crippen molar-refractivity contribution < 1.29 is 24.3 Å². The van der Waals surface area contributed by atoms with E-state index < -0.39 is 35.8 Å². The quantitative estimate of drug-likeness (QED) is 0.137. The molecule has 3 N–H and O–H groups in total. The van der Waals surface area contributed by atoms with Crippen molar-refractivity contribution in [3.05, 3.63) is 106 Å². The van der Waals surface area contributed by atoms with Gasteiger partial charge in [0.25, 0.3) is 17.4 Å². The summed E-state index contributed by atoms with van der Waals surface area (Å²) in [6, 6.07) is 16.4. The predicted octanol–water partition coefficient (Wildman–Crippen LogP) is 3.33. The summed E-state index contributed by atoms with van der Waals surface area (Å²) in [5.74, 6) is -0.557. The lowest BCUT2D eigenvalue weighted by molar-refractivity contribution is -0.136. The minimum Gasteiger partial charge on any atom is -0.387 e. The van der Waals surface area contributed by atoms with Gasteiger partial charge in [-0.05, 0) is 92.1 Å². The summed E-state index contributed by atoms with van der Waals surface area (Å²) in [6.45, 7) is 10.4. The number of rotatable bonds is 10. The van der Waals surface area contributed by atoms with Gasteiger partial charge >= 0.3 is 0 Å². The third kappa shape index (κ3) is 7.09. The van der Waals surface area contributed by atoms with Crippen LogP contribution in [0.3, 0.4) is 0 Å². The van der Waals surface area contributed by atoms with Crippen LogP contribution in [0, 0.1) is 5.92 Å². The van der Waals surface area contributed by atoms with Gasteiger partial charge in [-0.2, -0.15) is 4.98 Å². The van der Waals surface area contributed by atoms with E-state index in [1.165, 1.54) is 10.9 Å². The number of aryl methyl sites for hydroxylation is 1. The number of aromatic nitrogens is 5. The van der Waals surface area contributed by atoms with Crippen LogP contribution >= 0.6 is 0 Å². The van der Waals surface area contributed by atoms with Gasteiger partial charge in [-0.25, -0.2) is 19.3 Å². The third-order valence-electron chi connectivity index (χ3n) is 13.0. The standard InChI is InChI=1S/C45H47N11O6/c1-2-17-54-42(60)34-25-46-45(50-40(34)56(54)37-13-4-28-3-12-36(57)39(28)48-37)47-29-5-7-30(8-6-29)52-18-15-27(16-19-52)26-51-20-22-53(23-21-51)31-9-10-32-33(24-31)44(62)55(43(32)61)35-11-14-38(58)49-41(35)59/h2,4-10,13,24-25,27,35-36,57H,1,3,11-12,14-23,26H2,(H,46,47,50)(H,49,58,59). The average molecular weight is 838 g/mol. The highest BCUT2D eigenvalue weighted by molar-refractivity contribution is 6.23.